The van der Waals surface area contributed by atoms with Gasteiger partial charge in [0.25, 0.3) is 5.89 Å². The van der Waals surface area contributed by atoms with E-state index in [4.69, 9.17) is 14.0 Å². The Morgan fingerprint density at radius 2 is 1.80 bits per heavy atom. The first-order valence-electron chi connectivity index (χ1n) is 9.01. The van der Waals surface area contributed by atoms with E-state index < -0.39 is 22.0 Å². The maximum absolute atomic E-state index is 12.4. The molecule has 1 aromatic heterocycles. The Kier molecular flexibility index (Phi) is 6.48. The summed E-state index contributed by atoms with van der Waals surface area (Å²) in [4.78, 5) is 16.4. The van der Waals surface area contributed by atoms with E-state index in [0.717, 1.165) is 11.1 Å². The number of sulfonamides is 1. The molecule has 1 atom stereocenters. The molecule has 1 unspecified atom stereocenters. The van der Waals surface area contributed by atoms with Crippen LogP contribution in [0.4, 0.5) is 0 Å². The van der Waals surface area contributed by atoms with E-state index in [0.29, 0.717) is 11.6 Å². The third-order valence-corrected chi connectivity index (χ3v) is 5.73. The van der Waals surface area contributed by atoms with Crippen molar-refractivity contribution in [3.8, 4) is 17.1 Å². The molecule has 0 aliphatic heterocycles. The smallest absolute Gasteiger partial charge is 0.324 e. The summed E-state index contributed by atoms with van der Waals surface area (Å²) in [6.45, 7) is 3.08. The van der Waals surface area contributed by atoms with E-state index in [1.165, 1.54) is 38.3 Å². The van der Waals surface area contributed by atoms with Crippen molar-refractivity contribution in [2.45, 2.75) is 31.4 Å². The Balaban J connectivity index is 1.57. The molecule has 0 saturated carbocycles. The van der Waals surface area contributed by atoms with E-state index in [9.17, 15) is 13.2 Å². The molecule has 0 aliphatic rings. The summed E-state index contributed by atoms with van der Waals surface area (Å²) in [6.07, 6.45) is 0. The van der Waals surface area contributed by atoms with Crippen LogP contribution in [0, 0.1) is 6.92 Å². The topological polar surface area (TPSA) is 121 Å². The molecule has 0 aliphatic carbocycles. The second-order valence-corrected chi connectivity index (χ2v) is 8.22. The van der Waals surface area contributed by atoms with Gasteiger partial charge in [-0.15, -0.1) is 0 Å². The van der Waals surface area contributed by atoms with Gasteiger partial charge >= 0.3 is 5.97 Å². The summed E-state index contributed by atoms with van der Waals surface area (Å²) < 4.78 is 42.3. The van der Waals surface area contributed by atoms with Crippen molar-refractivity contribution in [2.24, 2.45) is 0 Å². The maximum Gasteiger partial charge on any atom is 0.324 e. The van der Waals surface area contributed by atoms with Gasteiger partial charge < -0.3 is 14.0 Å². The van der Waals surface area contributed by atoms with E-state index in [1.807, 2.05) is 31.2 Å². The summed E-state index contributed by atoms with van der Waals surface area (Å²) in [5.74, 6) is 0.214. The lowest BCUT2D eigenvalue weighted by molar-refractivity contribution is -0.147. The highest BCUT2D eigenvalue weighted by Gasteiger charge is 2.24. The van der Waals surface area contributed by atoms with Gasteiger partial charge in [0.15, 0.2) is 6.61 Å². The Labute approximate surface area is 174 Å². The molecular formula is C20H21N3O6S. The molecule has 0 fully saturated rings. The highest BCUT2D eigenvalue weighted by Crippen LogP contribution is 2.17. The number of nitrogens with zero attached hydrogens (tertiary/aromatic N) is 2. The minimum atomic E-state index is -3.91. The normalized spacial score (nSPS) is 12.4. The minimum Gasteiger partial charge on any atom is -0.497 e. The number of benzene rings is 2. The van der Waals surface area contributed by atoms with Crippen molar-refractivity contribution in [3.63, 3.8) is 0 Å². The van der Waals surface area contributed by atoms with Gasteiger partial charge in [0.2, 0.25) is 15.8 Å². The number of carbonyl (C=O) groups is 1. The van der Waals surface area contributed by atoms with E-state index in [2.05, 4.69) is 14.9 Å². The molecule has 0 bridgehead atoms. The molecule has 158 valence electrons. The van der Waals surface area contributed by atoms with Crippen molar-refractivity contribution in [3.05, 3.63) is 60.0 Å². The van der Waals surface area contributed by atoms with E-state index in [1.54, 1.807) is 0 Å². The summed E-state index contributed by atoms with van der Waals surface area (Å²) in [7, 11) is -2.43. The molecule has 1 N–H and O–H groups in total. The molecule has 3 aromatic rings. The van der Waals surface area contributed by atoms with Crippen molar-refractivity contribution in [1.82, 2.24) is 14.9 Å². The number of ether oxygens (including phenoxy) is 2. The van der Waals surface area contributed by atoms with Crippen LogP contribution in [0.3, 0.4) is 0 Å². The lowest BCUT2D eigenvalue weighted by Crippen LogP contribution is -2.39. The number of aromatic nitrogens is 2. The quantitative estimate of drug-likeness (QED) is 0.540. The average Bonchev–Trinajstić information content (AvgIpc) is 3.21. The van der Waals surface area contributed by atoms with Gasteiger partial charge in [-0.05, 0) is 38.1 Å². The molecule has 0 amide bonds. The third kappa shape index (κ3) is 5.22. The Hall–Kier alpha value is -3.24. The summed E-state index contributed by atoms with van der Waals surface area (Å²) in [5, 5.41) is 3.85. The largest absolute Gasteiger partial charge is 0.497 e. The summed E-state index contributed by atoms with van der Waals surface area (Å²) in [6, 6.07) is 12.2. The maximum atomic E-state index is 12.4. The third-order valence-electron chi connectivity index (χ3n) is 4.17. The first-order valence-corrected chi connectivity index (χ1v) is 10.5. The van der Waals surface area contributed by atoms with Crippen molar-refractivity contribution in [2.75, 3.05) is 7.11 Å². The van der Waals surface area contributed by atoms with Crippen LogP contribution in [0.15, 0.2) is 57.9 Å². The first kappa shape index (κ1) is 21.5. The van der Waals surface area contributed by atoms with E-state index >= 15 is 0 Å². The van der Waals surface area contributed by atoms with Crippen LogP contribution in [-0.2, 0) is 26.2 Å². The van der Waals surface area contributed by atoms with Crippen molar-refractivity contribution in [1.29, 1.82) is 0 Å². The van der Waals surface area contributed by atoms with Crippen LogP contribution in [0.1, 0.15) is 18.4 Å². The van der Waals surface area contributed by atoms with Crippen LogP contribution in [-0.4, -0.2) is 37.7 Å². The molecule has 9 nitrogen and oxygen atoms in total. The summed E-state index contributed by atoms with van der Waals surface area (Å²) >= 11 is 0. The van der Waals surface area contributed by atoms with Crippen LogP contribution < -0.4 is 9.46 Å². The monoisotopic (exact) mass is 431 g/mol. The highest BCUT2D eigenvalue weighted by molar-refractivity contribution is 7.89. The number of hydrogen-bond acceptors (Lipinski definition) is 8. The Morgan fingerprint density at radius 1 is 1.13 bits per heavy atom. The molecular weight excluding hydrogens is 410 g/mol. The van der Waals surface area contributed by atoms with Gasteiger partial charge in [-0.1, -0.05) is 35.0 Å². The molecule has 3 rings (SSSR count). The number of carbonyl (C=O) groups excluding carboxylic acids is 1. The number of aryl methyl sites for hydroxylation is 1. The zero-order valence-electron chi connectivity index (χ0n) is 16.7. The van der Waals surface area contributed by atoms with Crippen molar-refractivity contribution < 1.29 is 27.2 Å². The zero-order chi connectivity index (χ0) is 21.7. The number of nitrogens with one attached hydrogen (secondary N) is 1. The predicted octanol–water partition coefficient (Wildman–Crippen LogP) is 2.46. The fourth-order valence-electron chi connectivity index (χ4n) is 2.50. The first-order chi connectivity index (χ1) is 14.3. The summed E-state index contributed by atoms with van der Waals surface area (Å²) in [5.41, 5.74) is 1.87. The predicted molar refractivity (Wildman–Crippen MR) is 107 cm³/mol. The Morgan fingerprint density at radius 3 is 2.43 bits per heavy atom. The fourth-order valence-corrected chi connectivity index (χ4v) is 3.69. The number of hydrogen-bond donors (Lipinski definition) is 1. The second-order valence-electron chi connectivity index (χ2n) is 6.50. The lowest BCUT2D eigenvalue weighted by Gasteiger charge is -2.13. The lowest BCUT2D eigenvalue weighted by atomic mass is 10.1. The van der Waals surface area contributed by atoms with Gasteiger partial charge in [-0.2, -0.15) is 9.71 Å². The fraction of sp³-hybridized carbons (Fsp3) is 0.250. The van der Waals surface area contributed by atoms with Crippen molar-refractivity contribution >= 4 is 16.0 Å². The van der Waals surface area contributed by atoms with Gasteiger partial charge in [-0.3, -0.25) is 4.79 Å². The minimum absolute atomic E-state index is 0.00240. The number of methoxy groups -OCH3 is 1. The second kappa shape index (κ2) is 9.06. The highest BCUT2D eigenvalue weighted by atomic mass is 32.2. The molecule has 10 heteroatoms. The molecule has 30 heavy (non-hydrogen) atoms. The van der Waals surface area contributed by atoms with Crippen LogP contribution >= 0.6 is 0 Å². The average molecular weight is 431 g/mol. The number of rotatable bonds is 8. The zero-order valence-corrected chi connectivity index (χ0v) is 17.5. The molecule has 0 radical (unpaired) electrons. The molecule has 1 heterocycles. The molecule has 0 spiro atoms. The van der Waals surface area contributed by atoms with Gasteiger partial charge in [0.05, 0.1) is 12.0 Å². The van der Waals surface area contributed by atoms with Crippen LogP contribution in [0.2, 0.25) is 0 Å². The number of esters is 1. The van der Waals surface area contributed by atoms with Gasteiger partial charge in [0, 0.05) is 5.56 Å². The van der Waals surface area contributed by atoms with E-state index in [-0.39, 0.29) is 17.4 Å². The van der Waals surface area contributed by atoms with Gasteiger partial charge in [0.1, 0.15) is 11.8 Å². The van der Waals surface area contributed by atoms with Crippen LogP contribution in [0.25, 0.3) is 11.4 Å². The Bertz CT molecular complexity index is 1110. The standard InChI is InChI=1S/C20H21N3O6S/c1-13-4-6-15(7-5-13)19-21-18(29-22-19)12-28-20(24)14(2)23-30(25,26)17-10-8-16(27-3)9-11-17/h4-11,14,23H,12H2,1-3H3. The molecule has 2 aromatic carbocycles. The van der Waals surface area contributed by atoms with Gasteiger partial charge in [-0.25, -0.2) is 8.42 Å². The SMILES string of the molecule is COc1ccc(S(=O)(=O)NC(C)C(=O)OCc2nc(-c3ccc(C)cc3)no2)cc1. The van der Waals surface area contributed by atoms with Crippen LogP contribution in [0.5, 0.6) is 5.75 Å². The molecule has 0 saturated heterocycles.